The molecule has 3 aromatic carbocycles. The Morgan fingerprint density at radius 2 is 1.66 bits per heavy atom. The third kappa shape index (κ3) is 5.71. The minimum Gasteiger partial charge on any atom is -0.489 e. The van der Waals surface area contributed by atoms with Gasteiger partial charge in [-0.3, -0.25) is 0 Å². The maximum absolute atomic E-state index is 13.3. The second-order valence-corrected chi connectivity index (χ2v) is 9.08. The lowest BCUT2D eigenvalue weighted by Gasteiger charge is -2.16. The van der Waals surface area contributed by atoms with Gasteiger partial charge in [0.15, 0.2) is 0 Å². The van der Waals surface area contributed by atoms with E-state index in [1.807, 2.05) is 81.4 Å². The van der Waals surface area contributed by atoms with E-state index in [2.05, 4.69) is 13.0 Å². The molecule has 0 radical (unpaired) electrons. The van der Waals surface area contributed by atoms with Crippen LogP contribution in [-0.2, 0) is 11.3 Å². The minimum atomic E-state index is -0.278. The zero-order valence-electron chi connectivity index (χ0n) is 21.1. The number of hydrogen-bond acceptors (Lipinski definition) is 4. The van der Waals surface area contributed by atoms with Crippen molar-refractivity contribution in [3.05, 3.63) is 94.5 Å². The standard InChI is InChI=1S/C31H33NO3/c1-5-6-10-17-34-31(33)28-23(4)30(32-29-22(3)18-21(2)19-27(28)29)25-13-15-26(16-14-25)35-20-24-11-8-7-9-12-24/h7-9,11-16,18-19H,5-6,10,17,20H2,1-4H3. The monoisotopic (exact) mass is 467 g/mol. The van der Waals surface area contributed by atoms with Crippen LogP contribution in [0.5, 0.6) is 5.75 Å². The van der Waals surface area contributed by atoms with Crippen LogP contribution in [0, 0.1) is 20.8 Å². The minimum absolute atomic E-state index is 0.278. The van der Waals surface area contributed by atoms with Crippen molar-refractivity contribution in [1.82, 2.24) is 4.98 Å². The molecule has 4 aromatic rings. The van der Waals surface area contributed by atoms with Crippen molar-refractivity contribution in [2.75, 3.05) is 6.61 Å². The van der Waals surface area contributed by atoms with Gasteiger partial charge in [-0.15, -0.1) is 0 Å². The van der Waals surface area contributed by atoms with Crippen molar-refractivity contribution >= 4 is 16.9 Å². The van der Waals surface area contributed by atoms with Crippen molar-refractivity contribution < 1.29 is 14.3 Å². The van der Waals surface area contributed by atoms with Gasteiger partial charge in [-0.25, -0.2) is 9.78 Å². The average Bonchev–Trinajstić information content (AvgIpc) is 2.86. The van der Waals surface area contributed by atoms with Gasteiger partial charge < -0.3 is 9.47 Å². The van der Waals surface area contributed by atoms with E-state index < -0.39 is 0 Å². The van der Waals surface area contributed by atoms with Crippen LogP contribution in [0.4, 0.5) is 0 Å². The summed E-state index contributed by atoms with van der Waals surface area (Å²) in [5.41, 5.74) is 7.28. The summed E-state index contributed by atoms with van der Waals surface area (Å²) in [4.78, 5) is 18.3. The Hall–Kier alpha value is -3.66. The van der Waals surface area contributed by atoms with Gasteiger partial charge >= 0.3 is 5.97 Å². The molecule has 0 saturated carbocycles. The Labute approximate surface area is 207 Å². The maximum Gasteiger partial charge on any atom is 0.339 e. The largest absolute Gasteiger partial charge is 0.489 e. The Bertz CT molecular complexity index is 1310. The molecule has 0 fully saturated rings. The molecule has 0 amide bonds. The summed E-state index contributed by atoms with van der Waals surface area (Å²) in [6.45, 7) is 9.13. The highest BCUT2D eigenvalue weighted by Crippen LogP contribution is 2.33. The zero-order valence-corrected chi connectivity index (χ0v) is 21.1. The summed E-state index contributed by atoms with van der Waals surface area (Å²) >= 11 is 0. The van der Waals surface area contributed by atoms with Gasteiger partial charge in [-0.1, -0.05) is 61.7 Å². The van der Waals surface area contributed by atoms with Crippen LogP contribution in [0.1, 0.15) is 58.8 Å². The lowest BCUT2D eigenvalue weighted by atomic mass is 9.95. The fourth-order valence-electron chi connectivity index (χ4n) is 4.40. The molecule has 0 bridgehead atoms. The fraction of sp³-hybridized carbons (Fsp3) is 0.290. The number of esters is 1. The molecule has 35 heavy (non-hydrogen) atoms. The van der Waals surface area contributed by atoms with E-state index in [1.54, 1.807) is 0 Å². The number of unbranched alkanes of at least 4 members (excludes halogenated alkanes) is 2. The Kier molecular flexibility index (Phi) is 7.81. The van der Waals surface area contributed by atoms with Crippen molar-refractivity contribution in [2.24, 2.45) is 0 Å². The quantitative estimate of drug-likeness (QED) is 0.186. The highest BCUT2D eigenvalue weighted by molar-refractivity contribution is 6.07. The van der Waals surface area contributed by atoms with Crippen molar-refractivity contribution in [3.63, 3.8) is 0 Å². The number of carbonyl (C=O) groups is 1. The van der Waals surface area contributed by atoms with Gasteiger partial charge in [0.25, 0.3) is 0 Å². The molecule has 1 heterocycles. The number of aromatic nitrogens is 1. The van der Waals surface area contributed by atoms with Crippen LogP contribution >= 0.6 is 0 Å². The molecule has 4 heteroatoms. The van der Waals surface area contributed by atoms with Crippen LogP contribution in [0.15, 0.2) is 66.7 Å². The molecule has 4 rings (SSSR count). The summed E-state index contributed by atoms with van der Waals surface area (Å²) < 4.78 is 11.6. The predicted molar refractivity (Wildman–Crippen MR) is 142 cm³/mol. The topological polar surface area (TPSA) is 48.4 Å². The van der Waals surface area contributed by atoms with Crippen LogP contribution in [0.25, 0.3) is 22.2 Å². The van der Waals surface area contributed by atoms with E-state index in [0.29, 0.717) is 18.8 Å². The molecule has 0 atom stereocenters. The normalized spacial score (nSPS) is 11.0. The van der Waals surface area contributed by atoms with Crippen LogP contribution < -0.4 is 4.74 Å². The first kappa shape index (κ1) is 24.5. The Morgan fingerprint density at radius 3 is 2.37 bits per heavy atom. The molecular formula is C31H33NO3. The molecular weight excluding hydrogens is 434 g/mol. The summed E-state index contributed by atoms with van der Waals surface area (Å²) in [5.74, 6) is 0.512. The lowest BCUT2D eigenvalue weighted by molar-refractivity contribution is 0.0499. The van der Waals surface area contributed by atoms with E-state index >= 15 is 0 Å². The number of pyridine rings is 1. The smallest absolute Gasteiger partial charge is 0.339 e. The number of fused-ring (bicyclic) bond motifs is 1. The maximum atomic E-state index is 13.3. The van der Waals surface area contributed by atoms with Gasteiger partial charge in [-0.05, 0) is 74.2 Å². The molecule has 1 aromatic heterocycles. The van der Waals surface area contributed by atoms with Crippen LogP contribution in [0.3, 0.4) is 0 Å². The molecule has 0 aliphatic rings. The highest BCUT2D eigenvalue weighted by atomic mass is 16.5. The molecule has 0 aliphatic carbocycles. The van der Waals surface area contributed by atoms with Gasteiger partial charge in [0.1, 0.15) is 12.4 Å². The number of carbonyl (C=O) groups excluding carboxylic acids is 1. The third-order valence-corrected chi connectivity index (χ3v) is 6.23. The summed E-state index contributed by atoms with van der Waals surface area (Å²) in [6.07, 6.45) is 3.01. The fourth-order valence-corrected chi connectivity index (χ4v) is 4.40. The average molecular weight is 468 g/mol. The summed E-state index contributed by atoms with van der Waals surface area (Å²) in [6, 6.07) is 22.1. The molecule has 4 nitrogen and oxygen atoms in total. The molecule has 0 saturated heterocycles. The number of rotatable bonds is 9. The molecule has 180 valence electrons. The Morgan fingerprint density at radius 1 is 0.914 bits per heavy atom. The first-order chi connectivity index (χ1) is 17.0. The van der Waals surface area contributed by atoms with E-state index in [1.165, 1.54) is 0 Å². The molecule has 0 aliphatic heterocycles. The second-order valence-electron chi connectivity index (χ2n) is 9.08. The first-order valence-corrected chi connectivity index (χ1v) is 12.3. The van der Waals surface area contributed by atoms with E-state index in [4.69, 9.17) is 14.5 Å². The molecule has 0 unspecified atom stereocenters. The Balaban J connectivity index is 1.68. The third-order valence-electron chi connectivity index (χ3n) is 6.23. The number of aryl methyl sites for hydroxylation is 2. The zero-order chi connectivity index (χ0) is 24.8. The molecule has 0 N–H and O–H groups in total. The SMILES string of the molecule is CCCCCOC(=O)c1c(C)c(-c2ccc(OCc3ccccc3)cc2)nc2c(C)cc(C)cc12. The predicted octanol–water partition coefficient (Wildman–Crippen LogP) is 7.75. The van der Waals surface area contributed by atoms with Gasteiger partial charge in [0.05, 0.1) is 23.4 Å². The van der Waals surface area contributed by atoms with Crippen molar-refractivity contribution in [1.29, 1.82) is 0 Å². The van der Waals surface area contributed by atoms with Gasteiger partial charge in [0.2, 0.25) is 0 Å². The highest BCUT2D eigenvalue weighted by Gasteiger charge is 2.21. The van der Waals surface area contributed by atoms with E-state index in [0.717, 1.165) is 69.4 Å². The molecule has 0 spiro atoms. The van der Waals surface area contributed by atoms with Crippen molar-refractivity contribution in [2.45, 2.75) is 53.6 Å². The summed E-state index contributed by atoms with van der Waals surface area (Å²) in [5, 5.41) is 0.854. The van der Waals surface area contributed by atoms with Crippen molar-refractivity contribution in [3.8, 4) is 17.0 Å². The number of hydrogen-bond donors (Lipinski definition) is 0. The van der Waals surface area contributed by atoms with Gasteiger partial charge in [-0.2, -0.15) is 0 Å². The number of nitrogens with zero attached hydrogens (tertiary/aromatic N) is 1. The number of benzene rings is 3. The first-order valence-electron chi connectivity index (χ1n) is 12.3. The van der Waals surface area contributed by atoms with Gasteiger partial charge in [0, 0.05) is 10.9 Å². The number of ether oxygens (including phenoxy) is 2. The van der Waals surface area contributed by atoms with Crippen LogP contribution in [-0.4, -0.2) is 17.6 Å². The summed E-state index contributed by atoms with van der Waals surface area (Å²) in [7, 11) is 0. The van der Waals surface area contributed by atoms with E-state index in [9.17, 15) is 4.79 Å². The lowest BCUT2D eigenvalue weighted by Crippen LogP contribution is -2.11. The van der Waals surface area contributed by atoms with Crippen LogP contribution in [0.2, 0.25) is 0 Å². The second kappa shape index (κ2) is 11.2. The van der Waals surface area contributed by atoms with E-state index in [-0.39, 0.29) is 5.97 Å².